The van der Waals surface area contributed by atoms with Crippen LogP contribution in [-0.4, -0.2) is 6.04 Å². The molecule has 0 aromatic carbocycles. The third kappa shape index (κ3) is 3.74. The van der Waals surface area contributed by atoms with E-state index < -0.39 is 0 Å². The second-order valence-electron chi connectivity index (χ2n) is 5.54. The maximum absolute atomic E-state index is 5.75. The summed E-state index contributed by atoms with van der Waals surface area (Å²) in [6, 6.07) is 0.557. The lowest BCUT2D eigenvalue weighted by Gasteiger charge is -2.26. The van der Waals surface area contributed by atoms with E-state index in [1.165, 1.54) is 44.9 Å². The van der Waals surface area contributed by atoms with Crippen LogP contribution in [0.15, 0.2) is 0 Å². The zero-order valence-electron chi connectivity index (χ0n) is 11.3. The third-order valence-electron chi connectivity index (χ3n) is 4.68. The van der Waals surface area contributed by atoms with Gasteiger partial charge in [0.15, 0.2) is 0 Å². The molecule has 3 atom stereocenters. The minimum absolute atomic E-state index is 0.557. The molecule has 16 heavy (non-hydrogen) atoms. The van der Waals surface area contributed by atoms with Crippen molar-refractivity contribution >= 4 is 0 Å². The van der Waals surface area contributed by atoms with Gasteiger partial charge in [0, 0.05) is 6.04 Å². The predicted molar refractivity (Wildman–Crippen MR) is 70.9 cm³/mol. The minimum atomic E-state index is 0.557. The van der Waals surface area contributed by atoms with Crippen LogP contribution in [0.25, 0.3) is 0 Å². The van der Waals surface area contributed by atoms with Crippen LogP contribution in [0.5, 0.6) is 0 Å². The molecule has 0 bridgehead atoms. The quantitative estimate of drug-likeness (QED) is 0.515. The molecule has 2 nitrogen and oxygen atoms in total. The normalized spacial score (nSPS) is 27.6. The Labute approximate surface area is 101 Å². The van der Waals surface area contributed by atoms with Gasteiger partial charge in [-0.15, -0.1) is 0 Å². The summed E-state index contributed by atoms with van der Waals surface area (Å²) >= 11 is 0. The highest BCUT2D eigenvalue weighted by Gasteiger charge is 2.30. The van der Waals surface area contributed by atoms with Crippen molar-refractivity contribution in [2.75, 3.05) is 0 Å². The van der Waals surface area contributed by atoms with E-state index in [9.17, 15) is 0 Å². The Morgan fingerprint density at radius 1 is 1.19 bits per heavy atom. The second kappa shape index (κ2) is 7.29. The van der Waals surface area contributed by atoms with Crippen molar-refractivity contribution in [1.82, 2.24) is 5.43 Å². The van der Waals surface area contributed by atoms with Crippen LogP contribution in [0, 0.1) is 17.8 Å². The summed E-state index contributed by atoms with van der Waals surface area (Å²) in [7, 11) is 0. The zero-order chi connectivity index (χ0) is 12.0. The summed E-state index contributed by atoms with van der Waals surface area (Å²) < 4.78 is 0. The number of hydrazine groups is 1. The van der Waals surface area contributed by atoms with Crippen molar-refractivity contribution in [3.05, 3.63) is 0 Å². The molecular weight excluding hydrogens is 196 g/mol. The Morgan fingerprint density at radius 3 is 2.31 bits per heavy atom. The predicted octanol–water partition coefficient (Wildman–Crippen LogP) is 3.47. The van der Waals surface area contributed by atoms with Gasteiger partial charge in [0.05, 0.1) is 0 Å². The standard InChI is InChI=1S/C14H30N2/c1-4-11(5-2)10-14(16-15)13-8-7-12(6-3)9-13/h11-14,16H,4-10,15H2,1-3H3. The number of hydrogen-bond donors (Lipinski definition) is 2. The van der Waals surface area contributed by atoms with E-state index in [1.54, 1.807) is 0 Å². The van der Waals surface area contributed by atoms with Crippen LogP contribution in [-0.2, 0) is 0 Å². The van der Waals surface area contributed by atoms with E-state index in [-0.39, 0.29) is 0 Å². The van der Waals surface area contributed by atoms with Crippen LogP contribution in [0.4, 0.5) is 0 Å². The van der Waals surface area contributed by atoms with Crippen molar-refractivity contribution in [3.8, 4) is 0 Å². The molecule has 2 heteroatoms. The maximum Gasteiger partial charge on any atom is 0.0241 e. The summed E-state index contributed by atoms with van der Waals surface area (Å²) in [4.78, 5) is 0. The third-order valence-corrected chi connectivity index (χ3v) is 4.68. The van der Waals surface area contributed by atoms with Crippen molar-refractivity contribution in [2.45, 2.75) is 71.8 Å². The van der Waals surface area contributed by atoms with Crippen molar-refractivity contribution in [2.24, 2.45) is 23.6 Å². The first kappa shape index (κ1) is 14.0. The molecule has 0 radical (unpaired) electrons. The number of nitrogens with two attached hydrogens (primary N) is 1. The molecular formula is C14H30N2. The number of hydrogen-bond acceptors (Lipinski definition) is 2. The lowest BCUT2D eigenvalue weighted by atomic mass is 9.86. The van der Waals surface area contributed by atoms with E-state index in [1.807, 2.05) is 0 Å². The van der Waals surface area contributed by atoms with Crippen molar-refractivity contribution in [3.63, 3.8) is 0 Å². The van der Waals surface area contributed by atoms with Crippen molar-refractivity contribution < 1.29 is 0 Å². The number of rotatable bonds is 7. The van der Waals surface area contributed by atoms with Gasteiger partial charge in [0.25, 0.3) is 0 Å². The van der Waals surface area contributed by atoms with Crippen LogP contribution >= 0.6 is 0 Å². The first-order chi connectivity index (χ1) is 7.74. The monoisotopic (exact) mass is 226 g/mol. The molecule has 0 aliphatic heterocycles. The molecule has 1 saturated carbocycles. The van der Waals surface area contributed by atoms with Crippen LogP contribution < -0.4 is 11.3 Å². The highest BCUT2D eigenvalue weighted by molar-refractivity contribution is 4.84. The molecule has 0 amide bonds. The van der Waals surface area contributed by atoms with Crippen molar-refractivity contribution in [1.29, 1.82) is 0 Å². The molecule has 0 spiro atoms. The van der Waals surface area contributed by atoms with Gasteiger partial charge >= 0.3 is 0 Å². The van der Waals surface area contributed by atoms with Gasteiger partial charge in [-0.1, -0.05) is 46.5 Å². The fourth-order valence-electron chi connectivity index (χ4n) is 3.23. The molecule has 1 fully saturated rings. The fraction of sp³-hybridized carbons (Fsp3) is 1.00. The molecule has 1 aliphatic carbocycles. The Morgan fingerprint density at radius 2 is 1.88 bits per heavy atom. The summed E-state index contributed by atoms with van der Waals surface area (Å²) in [5, 5.41) is 0. The molecule has 96 valence electrons. The maximum atomic E-state index is 5.75. The Hall–Kier alpha value is -0.0800. The first-order valence-electron chi connectivity index (χ1n) is 7.21. The molecule has 1 rings (SSSR count). The van der Waals surface area contributed by atoms with E-state index in [0.717, 1.165) is 17.8 Å². The lowest BCUT2D eigenvalue weighted by molar-refractivity contribution is 0.281. The molecule has 1 aliphatic rings. The lowest BCUT2D eigenvalue weighted by Crippen LogP contribution is -2.41. The molecule has 0 heterocycles. The van der Waals surface area contributed by atoms with Gasteiger partial charge in [-0.05, 0) is 37.0 Å². The van der Waals surface area contributed by atoms with Gasteiger partial charge in [-0.3, -0.25) is 11.3 Å². The molecule has 0 saturated heterocycles. The largest absolute Gasteiger partial charge is 0.271 e. The number of nitrogens with one attached hydrogen (secondary N) is 1. The Bertz CT molecular complexity index is 178. The van der Waals surface area contributed by atoms with Crippen LogP contribution in [0.3, 0.4) is 0 Å². The van der Waals surface area contributed by atoms with Gasteiger partial charge in [0.1, 0.15) is 0 Å². The average molecular weight is 226 g/mol. The SMILES string of the molecule is CCC1CCC(C(CC(CC)CC)NN)C1. The average Bonchev–Trinajstić information content (AvgIpc) is 2.79. The zero-order valence-corrected chi connectivity index (χ0v) is 11.3. The van der Waals surface area contributed by atoms with E-state index in [0.29, 0.717) is 6.04 Å². The van der Waals surface area contributed by atoms with E-state index in [2.05, 4.69) is 26.2 Å². The Balaban J connectivity index is 2.42. The summed E-state index contributed by atoms with van der Waals surface area (Å²) in [5.41, 5.74) is 3.09. The smallest absolute Gasteiger partial charge is 0.0241 e. The van der Waals surface area contributed by atoms with E-state index in [4.69, 9.17) is 5.84 Å². The fourth-order valence-corrected chi connectivity index (χ4v) is 3.23. The molecule has 3 unspecified atom stereocenters. The summed E-state index contributed by atoms with van der Waals surface area (Å²) in [5.74, 6) is 8.39. The first-order valence-corrected chi connectivity index (χ1v) is 7.21. The van der Waals surface area contributed by atoms with Crippen LogP contribution in [0.2, 0.25) is 0 Å². The van der Waals surface area contributed by atoms with Gasteiger partial charge in [-0.25, -0.2) is 0 Å². The summed E-state index contributed by atoms with van der Waals surface area (Å²) in [6.45, 7) is 6.91. The van der Waals surface area contributed by atoms with Gasteiger partial charge in [-0.2, -0.15) is 0 Å². The molecule has 3 N–H and O–H groups in total. The minimum Gasteiger partial charge on any atom is -0.271 e. The topological polar surface area (TPSA) is 38.0 Å². The van der Waals surface area contributed by atoms with Gasteiger partial charge < -0.3 is 0 Å². The van der Waals surface area contributed by atoms with Gasteiger partial charge in [0.2, 0.25) is 0 Å². The highest BCUT2D eigenvalue weighted by Crippen LogP contribution is 2.36. The second-order valence-corrected chi connectivity index (χ2v) is 5.54. The van der Waals surface area contributed by atoms with Crippen LogP contribution in [0.1, 0.15) is 65.7 Å². The Kier molecular flexibility index (Phi) is 6.37. The molecule has 0 aromatic rings. The summed E-state index contributed by atoms with van der Waals surface area (Å²) in [6.07, 6.45) is 9.39. The highest BCUT2D eigenvalue weighted by atomic mass is 15.2. The molecule has 0 aromatic heterocycles. The van der Waals surface area contributed by atoms with E-state index >= 15 is 0 Å².